The SMILES string of the molecule is CC1CN(c2cc(C(F)(F)F)ccc2C2CCNCC2)C1. The highest BCUT2D eigenvalue weighted by atomic mass is 19.4. The molecule has 2 aliphatic rings. The van der Waals surface area contributed by atoms with Crippen molar-refractivity contribution >= 4 is 5.69 Å². The van der Waals surface area contributed by atoms with Crippen LogP contribution in [0.4, 0.5) is 18.9 Å². The molecule has 2 fully saturated rings. The molecule has 0 bridgehead atoms. The van der Waals surface area contributed by atoms with Crippen LogP contribution in [0.15, 0.2) is 18.2 Å². The zero-order valence-electron chi connectivity index (χ0n) is 12.2. The van der Waals surface area contributed by atoms with E-state index in [0.717, 1.165) is 50.3 Å². The Morgan fingerprint density at radius 3 is 2.38 bits per heavy atom. The van der Waals surface area contributed by atoms with E-state index in [1.165, 1.54) is 12.1 Å². The summed E-state index contributed by atoms with van der Waals surface area (Å²) in [5.74, 6) is 0.944. The van der Waals surface area contributed by atoms with Crippen LogP contribution in [0.2, 0.25) is 0 Å². The van der Waals surface area contributed by atoms with Gasteiger partial charge < -0.3 is 10.2 Å². The number of nitrogens with zero attached hydrogens (tertiary/aromatic N) is 1. The fourth-order valence-electron chi connectivity index (χ4n) is 3.37. The van der Waals surface area contributed by atoms with E-state index in [9.17, 15) is 13.2 Å². The number of halogens is 3. The van der Waals surface area contributed by atoms with Crippen LogP contribution in [0.1, 0.15) is 36.8 Å². The zero-order chi connectivity index (χ0) is 15.0. The lowest BCUT2D eigenvalue weighted by molar-refractivity contribution is -0.137. The zero-order valence-corrected chi connectivity index (χ0v) is 12.2. The largest absolute Gasteiger partial charge is 0.416 e. The minimum Gasteiger partial charge on any atom is -0.371 e. The third-order valence-corrected chi connectivity index (χ3v) is 4.54. The molecule has 1 aromatic carbocycles. The van der Waals surface area contributed by atoms with Gasteiger partial charge in [-0.2, -0.15) is 13.2 Å². The minimum absolute atomic E-state index is 0.374. The van der Waals surface area contributed by atoms with Crippen LogP contribution in [-0.2, 0) is 6.18 Å². The topological polar surface area (TPSA) is 15.3 Å². The molecule has 0 atom stereocenters. The Bertz CT molecular complexity index is 501. The van der Waals surface area contributed by atoms with Crippen molar-refractivity contribution < 1.29 is 13.2 Å². The number of piperidine rings is 1. The van der Waals surface area contributed by atoms with Crippen LogP contribution in [0.3, 0.4) is 0 Å². The van der Waals surface area contributed by atoms with E-state index in [-0.39, 0.29) is 0 Å². The van der Waals surface area contributed by atoms with Crippen molar-refractivity contribution in [3.05, 3.63) is 29.3 Å². The molecule has 2 heterocycles. The Balaban J connectivity index is 1.94. The van der Waals surface area contributed by atoms with Crippen LogP contribution in [-0.4, -0.2) is 26.2 Å². The maximum absolute atomic E-state index is 13.0. The summed E-state index contributed by atoms with van der Waals surface area (Å²) in [5, 5.41) is 3.31. The second-order valence-electron chi connectivity index (χ2n) is 6.31. The molecule has 1 aromatic rings. The van der Waals surface area contributed by atoms with Gasteiger partial charge in [-0.3, -0.25) is 0 Å². The molecular weight excluding hydrogens is 277 g/mol. The van der Waals surface area contributed by atoms with Crippen LogP contribution >= 0.6 is 0 Å². The molecule has 2 saturated heterocycles. The van der Waals surface area contributed by atoms with Gasteiger partial charge in [0.1, 0.15) is 0 Å². The minimum atomic E-state index is -4.27. The maximum atomic E-state index is 13.0. The Morgan fingerprint density at radius 1 is 1.14 bits per heavy atom. The second kappa shape index (κ2) is 5.52. The summed E-state index contributed by atoms with van der Waals surface area (Å²) >= 11 is 0. The summed E-state index contributed by atoms with van der Waals surface area (Å²) in [7, 11) is 0. The molecule has 116 valence electrons. The number of hydrogen-bond donors (Lipinski definition) is 1. The number of nitrogens with one attached hydrogen (secondary N) is 1. The third-order valence-electron chi connectivity index (χ3n) is 4.54. The average Bonchev–Trinajstić information content (AvgIpc) is 2.43. The van der Waals surface area contributed by atoms with Crippen molar-refractivity contribution in [3.8, 4) is 0 Å². The van der Waals surface area contributed by atoms with Crippen molar-refractivity contribution in [2.24, 2.45) is 5.92 Å². The molecule has 0 unspecified atom stereocenters. The molecule has 0 saturated carbocycles. The van der Waals surface area contributed by atoms with Crippen LogP contribution in [0.5, 0.6) is 0 Å². The van der Waals surface area contributed by atoms with E-state index in [0.29, 0.717) is 11.8 Å². The Labute approximate surface area is 123 Å². The fraction of sp³-hybridized carbons (Fsp3) is 0.625. The summed E-state index contributed by atoms with van der Waals surface area (Å²) in [5.41, 5.74) is 1.36. The summed E-state index contributed by atoms with van der Waals surface area (Å²) in [4.78, 5) is 2.09. The molecule has 1 N–H and O–H groups in total. The van der Waals surface area contributed by atoms with Gasteiger partial charge in [0.05, 0.1) is 5.56 Å². The highest BCUT2D eigenvalue weighted by Gasteiger charge is 2.34. The van der Waals surface area contributed by atoms with Crippen molar-refractivity contribution in [2.75, 3.05) is 31.1 Å². The lowest BCUT2D eigenvalue weighted by atomic mass is 9.86. The van der Waals surface area contributed by atoms with Gasteiger partial charge in [0.2, 0.25) is 0 Å². The molecule has 0 aromatic heterocycles. The first kappa shape index (κ1) is 14.7. The molecule has 2 nitrogen and oxygen atoms in total. The predicted octanol–water partition coefficient (Wildman–Crippen LogP) is 3.63. The first-order chi connectivity index (χ1) is 9.95. The smallest absolute Gasteiger partial charge is 0.371 e. The van der Waals surface area contributed by atoms with E-state index in [4.69, 9.17) is 0 Å². The van der Waals surface area contributed by atoms with E-state index >= 15 is 0 Å². The van der Waals surface area contributed by atoms with Gasteiger partial charge in [-0.15, -0.1) is 0 Å². The molecule has 5 heteroatoms. The first-order valence-electron chi connectivity index (χ1n) is 7.62. The summed E-state index contributed by atoms with van der Waals surface area (Å²) in [6, 6.07) is 4.30. The van der Waals surface area contributed by atoms with Gasteiger partial charge in [-0.05, 0) is 55.5 Å². The number of rotatable bonds is 2. The lowest BCUT2D eigenvalue weighted by Crippen LogP contribution is -2.46. The molecule has 0 amide bonds. The number of benzene rings is 1. The normalized spacial score (nSPS) is 21.4. The quantitative estimate of drug-likeness (QED) is 0.897. The Kier molecular flexibility index (Phi) is 3.86. The van der Waals surface area contributed by atoms with Crippen molar-refractivity contribution in [3.63, 3.8) is 0 Å². The predicted molar refractivity (Wildman–Crippen MR) is 77.7 cm³/mol. The van der Waals surface area contributed by atoms with Crippen molar-refractivity contribution in [2.45, 2.75) is 31.9 Å². The van der Waals surface area contributed by atoms with Gasteiger partial charge in [0.15, 0.2) is 0 Å². The van der Waals surface area contributed by atoms with Crippen LogP contribution in [0, 0.1) is 5.92 Å². The van der Waals surface area contributed by atoms with Crippen LogP contribution in [0.25, 0.3) is 0 Å². The van der Waals surface area contributed by atoms with Crippen LogP contribution < -0.4 is 10.2 Å². The molecule has 0 aliphatic carbocycles. The van der Waals surface area contributed by atoms with Gasteiger partial charge in [0.25, 0.3) is 0 Å². The fourth-order valence-corrected chi connectivity index (χ4v) is 3.37. The number of alkyl halides is 3. The summed E-state index contributed by atoms with van der Waals surface area (Å²) in [6.07, 6.45) is -2.26. The number of hydrogen-bond acceptors (Lipinski definition) is 2. The highest BCUT2D eigenvalue weighted by Crippen LogP contribution is 2.40. The monoisotopic (exact) mass is 298 g/mol. The van der Waals surface area contributed by atoms with Gasteiger partial charge in [-0.1, -0.05) is 13.0 Å². The van der Waals surface area contributed by atoms with E-state index in [1.54, 1.807) is 6.07 Å². The summed E-state index contributed by atoms with van der Waals surface area (Å²) in [6.45, 7) is 5.75. The first-order valence-corrected chi connectivity index (χ1v) is 7.62. The Morgan fingerprint density at radius 2 is 1.81 bits per heavy atom. The van der Waals surface area contributed by atoms with Crippen molar-refractivity contribution in [1.82, 2.24) is 5.32 Å². The second-order valence-corrected chi connectivity index (χ2v) is 6.31. The third kappa shape index (κ3) is 3.03. The average molecular weight is 298 g/mol. The highest BCUT2D eigenvalue weighted by molar-refractivity contribution is 5.59. The van der Waals surface area contributed by atoms with Gasteiger partial charge >= 0.3 is 6.18 Å². The molecule has 2 aliphatic heterocycles. The molecular formula is C16H21F3N2. The number of anilines is 1. The standard InChI is InChI=1S/C16H21F3N2/c1-11-9-21(10-11)15-8-13(16(17,18)19)2-3-14(15)12-4-6-20-7-5-12/h2-3,8,11-12,20H,4-7,9-10H2,1H3. The lowest BCUT2D eigenvalue weighted by Gasteiger charge is -2.41. The molecule has 0 radical (unpaired) electrons. The summed E-state index contributed by atoms with van der Waals surface area (Å²) < 4.78 is 38.9. The van der Waals surface area contributed by atoms with Gasteiger partial charge in [0, 0.05) is 18.8 Å². The van der Waals surface area contributed by atoms with E-state index < -0.39 is 11.7 Å². The Hall–Kier alpha value is -1.23. The van der Waals surface area contributed by atoms with E-state index in [1.807, 2.05) is 0 Å². The molecule has 0 spiro atoms. The van der Waals surface area contributed by atoms with E-state index in [2.05, 4.69) is 17.1 Å². The molecule has 21 heavy (non-hydrogen) atoms. The van der Waals surface area contributed by atoms with Gasteiger partial charge in [-0.25, -0.2) is 0 Å². The molecule has 3 rings (SSSR count). The van der Waals surface area contributed by atoms with Crippen molar-refractivity contribution in [1.29, 1.82) is 0 Å². The maximum Gasteiger partial charge on any atom is 0.416 e.